The van der Waals surface area contributed by atoms with Crippen molar-refractivity contribution in [1.82, 2.24) is 14.5 Å². The number of piperidine rings is 1. The van der Waals surface area contributed by atoms with Gasteiger partial charge >= 0.3 is 0 Å². The number of rotatable bonds is 8. The van der Waals surface area contributed by atoms with E-state index >= 15 is 0 Å². The van der Waals surface area contributed by atoms with Crippen molar-refractivity contribution in [3.63, 3.8) is 0 Å². The SMILES string of the molecule is COCCCCCN1CCC(C(O)c2nccn2C)CC1. The molecule has 0 amide bonds. The standard InChI is InChI=1S/C16H29N3O2/c1-18-12-8-17-16(18)15(20)14-6-10-19(11-7-14)9-4-3-5-13-21-2/h8,12,14-15,20H,3-7,9-11,13H2,1-2H3. The first kappa shape index (κ1) is 16.5. The molecule has 2 heterocycles. The van der Waals surface area contributed by atoms with E-state index in [1.807, 2.05) is 17.8 Å². The van der Waals surface area contributed by atoms with Crippen LogP contribution in [0.2, 0.25) is 0 Å². The second kappa shape index (κ2) is 8.51. The third-order valence-electron chi connectivity index (χ3n) is 4.52. The highest BCUT2D eigenvalue weighted by Crippen LogP contribution is 2.29. The van der Waals surface area contributed by atoms with E-state index < -0.39 is 6.10 Å². The van der Waals surface area contributed by atoms with Crippen molar-refractivity contribution in [3.05, 3.63) is 18.2 Å². The zero-order valence-corrected chi connectivity index (χ0v) is 13.4. The van der Waals surface area contributed by atoms with Crippen LogP contribution in [0, 0.1) is 5.92 Å². The Kier molecular flexibility index (Phi) is 6.67. The van der Waals surface area contributed by atoms with E-state index in [-0.39, 0.29) is 0 Å². The number of imidazole rings is 1. The first-order valence-corrected chi connectivity index (χ1v) is 8.09. The summed E-state index contributed by atoms with van der Waals surface area (Å²) in [5.41, 5.74) is 0. The lowest BCUT2D eigenvalue weighted by Gasteiger charge is -2.34. The molecule has 1 saturated heterocycles. The highest BCUT2D eigenvalue weighted by molar-refractivity contribution is 4.98. The van der Waals surface area contributed by atoms with Crippen molar-refractivity contribution in [2.75, 3.05) is 33.4 Å². The van der Waals surface area contributed by atoms with Gasteiger partial charge in [-0.2, -0.15) is 0 Å². The molecule has 0 spiro atoms. The van der Waals surface area contributed by atoms with Gasteiger partial charge in [-0.1, -0.05) is 0 Å². The molecule has 0 radical (unpaired) electrons. The van der Waals surface area contributed by atoms with Crippen LogP contribution in [0.1, 0.15) is 44.0 Å². The molecular formula is C16H29N3O2. The van der Waals surface area contributed by atoms with Gasteiger partial charge in [0.1, 0.15) is 11.9 Å². The molecule has 120 valence electrons. The summed E-state index contributed by atoms with van der Waals surface area (Å²) in [5, 5.41) is 10.5. The van der Waals surface area contributed by atoms with Crippen LogP contribution in [0.15, 0.2) is 12.4 Å². The molecule has 0 saturated carbocycles. The van der Waals surface area contributed by atoms with E-state index in [0.29, 0.717) is 5.92 Å². The zero-order chi connectivity index (χ0) is 15.1. The molecule has 0 aliphatic carbocycles. The van der Waals surface area contributed by atoms with Gasteiger partial charge < -0.3 is 19.3 Å². The number of aryl methyl sites for hydroxylation is 1. The maximum absolute atomic E-state index is 10.5. The van der Waals surface area contributed by atoms with Crippen LogP contribution < -0.4 is 0 Å². The van der Waals surface area contributed by atoms with Gasteiger partial charge in [-0.15, -0.1) is 0 Å². The van der Waals surface area contributed by atoms with Gasteiger partial charge in [-0.3, -0.25) is 0 Å². The summed E-state index contributed by atoms with van der Waals surface area (Å²) < 4.78 is 6.99. The summed E-state index contributed by atoms with van der Waals surface area (Å²) in [6.07, 6.45) is 9.00. The number of likely N-dealkylation sites (tertiary alicyclic amines) is 1. The van der Waals surface area contributed by atoms with Crippen LogP contribution in [-0.4, -0.2) is 52.9 Å². The number of unbranched alkanes of at least 4 members (excludes halogenated alkanes) is 2. The fourth-order valence-electron chi connectivity index (χ4n) is 3.12. The molecule has 1 aromatic heterocycles. The second-order valence-electron chi connectivity index (χ2n) is 6.07. The summed E-state index contributed by atoms with van der Waals surface area (Å²) in [6, 6.07) is 0. The normalized spacial score (nSPS) is 19.0. The second-order valence-corrected chi connectivity index (χ2v) is 6.07. The number of aliphatic hydroxyl groups is 1. The van der Waals surface area contributed by atoms with E-state index in [9.17, 15) is 5.11 Å². The summed E-state index contributed by atoms with van der Waals surface area (Å²) in [7, 11) is 3.71. The maximum Gasteiger partial charge on any atom is 0.137 e. The summed E-state index contributed by atoms with van der Waals surface area (Å²) in [5.74, 6) is 1.14. The molecule has 1 aliphatic rings. The highest BCUT2D eigenvalue weighted by atomic mass is 16.5. The van der Waals surface area contributed by atoms with Crippen LogP contribution in [0.5, 0.6) is 0 Å². The highest BCUT2D eigenvalue weighted by Gasteiger charge is 2.28. The van der Waals surface area contributed by atoms with Gasteiger partial charge in [0.25, 0.3) is 0 Å². The molecular weight excluding hydrogens is 266 g/mol. The summed E-state index contributed by atoms with van der Waals surface area (Å²) >= 11 is 0. The summed E-state index contributed by atoms with van der Waals surface area (Å²) in [4.78, 5) is 6.80. The van der Waals surface area contributed by atoms with Gasteiger partial charge in [0, 0.05) is 33.2 Å². The molecule has 1 aromatic rings. The molecule has 0 aromatic carbocycles. The average molecular weight is 295 g/mol. The van der Waals surface area contributed by atoms with Crippen molar-refractivity contribution in [2.45, 2.75) is 38.2 Å². The van der Waals surface area contributed by atoms with Gasteiger partial charge in [-0.05, 0) is 57.7 Å². The predicted molar refractivity (Wildman–Crippen MR) is 83.1 cm³/mol. The quantitative estimate of drug-likeness (QED) is 0.745. The van der Waals surface area contributed by atoms with E-state index in [1.165, 1.54) is 19.4 Å². The van der Waals surface area contributed by atoms with Crippen molar-refractivity contribution < 1.29 is 9.84 Å². The van der Waals surface area contributed by atoms with E-state index in [4.69, 9.17) is 4.74 Å². The lowest BCUT2D eigenvalue weighted by atomic mass is 9.90. The third kappa shape index (κ3) is 4.80. The molecule has 0 bridgehead atoms. The van der Waals surface area contributed by atoms with E-state index in [0.717, 1.165) is 44.8 Å². The molecule has 1 unspecified atom stereocenters. The Hall–Kier alpha value is -0.910. The molecule has 5 nitrogen and oxygen atoms in total. The van der Waals surface area contributed by atoms with E-state index in [1.54, 1.807) is 13.3 Å². The van der Waals surface area contributed by atoms with Crippen molar-refractivity contribution in [1.29, 1.82) is 0 Å². The Balaban J connectivity index is 1.67. The Morgan fingerprint density at radius 1 is 1.33 bits per heavy atom. The number of hydrogen-bond donors (Lipinski definition) is 1. The van der Waals surface area contributed by atoms with Crippen LogP contribution in [0.4, 0.5) is 0 Å². The molecule has 1 aliphatic heterocycles. The minimum atomic E-state index is -0.422. The number of aromatic nitrogens is 2. The number of methoxy groups -OCH3 is 1. The van der Waals surface area contributed by atoms with Crippen molar-refractivity contribution >= 4 is 0 Å². The first-order chi connectivity index (χ1) is 10.2. The number of nitrogens with zero attached hydrogens (tertiary/aromatic N) is 3. The van der Waals surface area contributed by atoms with Gasteiger partial charge in [0.15, 0.2) is 0 Å². The number of ether oxygens (including phenoxy) is 1. The van der Waals surface area contributed by atoms with Crippen molar-refractivity contribution in [3.8, 4) is 0 Å². The lowest BCUT2D eigenvalue weighted by molar-refractivity contribution is 0.0506. The molecule has 1 fully saturated rings. The Labute approximate surface area is 127 Å². The van der Waals surface area contributed by atoms with Crippen LogP contribution in [0.3, 0.4) is 0 Å². The fraction of sp³-hybridized carbons (Fsp3) is 0.812. The van der Waals surface area contributed by atoms with Gasteiger partial charge in [-0.25, -0.2) is 4.98 Å². The Morgan fingerprint density at radius 2 is 2.10 bits per heavy atom. The monoisotopic (exact) mass is 295 g/mol. The topological polar surface area (TPSA) is 50.5 Å². The largest absolute Gasteiger partial charge is 0.385 e. The molecule has 21 heavy (non-hydrogen) atoms. The molecule has 5 heteroatoms. The molecule has 1 N–H and O–H groups in total. The first-order valence-electron chi connectivity index (χ1n) is 8.09. The minimum absolute atomic E-state index is 0.343. The van der Waals surface area contributed by atoms with Gasteiger partial charge in [0.2, 0.25) is 0 Å². The third-order valence-corrected chi connectivity index (χ3v) is 4.52. The Bertz CT molecular complexity index is 400. The fourth-order valence-corrected chi connectivity index (χ4v) is 3.12. The van der Waals surface area contributed by atoms with Crippen LogP contribution in [0.25, 0.3) is 0 Å². The Morgan fingerprint density at radius 3 is 2.71 bits per heavy atom. The van der Waals surface area contributed by atoms with Crippen molar-refractivity contribution in [2.24, 2.45) is 13.0 Å². The zero-order valence-electron chi connectivity index (χ0n) is 13.4. The lowest BCUT2D eigenvalue weighted by Crippen LogP contribution is -2.36. The summed E-state index contributed by atoms with van der Waals surface area (Å²) in [6.45, 7) is 4.24. The molecule has 1 atom stereocenters. The maximum atomic E-state index is 10.5. The average Bonchev–Trinajstić information content (AvgIpc) is 2.93. The van der Waals surface area contributed by atoms with E-state index in [2.05, 4.69) is 9.88 Å². The minimum Gasteiger partial charge on any atom is -0.385 e. The van der Waals surface area contributed by atoms with Crippen LogP contribution >= 0.6 is 0 Å². The number of aliphatic hydroxyl groups excluding tert-OH is 1. The smallest absolute Gasteiger partial charge is 0.137 e. The predicted octanol–water partition coefficient (Wildman–Crippen LogP) is 1.98. The van der Waals surface area contributed by atoms with Crippen LogP contribution in [-0.2, 0) is 11.8 Å². The molecule has 2 rings (SSSR count). The van der Waals surface area contributed by atoms with Gasteiger partial charge in [0.05, 0.1) is 0 Å². The number of hydrogen-bond acceptors (Lipinski definition) is 4.